The Morgan fingerprint density at radius 1 is 1.08 bits per heavy atom. The van der Waals surface area contributed by atoms with E-state index in [1.165, 1.54) is 12.1 Å². The van der Waals surface area contributed by atoms with Crippen molar-refractivity contribution in [2.75, 3.05) is 25.5 Å². The molecule has 0 aliphatic carbocycles. The van der Waals surface area contributed by atoms with E-state index in [0.717, 1.165) is 55.8 Å². The Kier molecular flexibility index (Phi) is 8.15. The minimum Gasteiger partial charge on any atom is -0.468 e. The quantitative estimate of drug-likeness (QED) is 0.375. The number of halogens is 1. The van der Waals surface area contributed by atoms with E-state index in [9.17, 15) is 0 Å². The van der Waals surface area contributed by atoms with Crippen molar-refractivity contribution in [3.05, 3.63) is 65.7 Å². The first-order valence-corrected chi connectivity index (χ1v) is 13.9. The molecule has 0 amide bonds. The average Bonchev–Trinajstić information content (AvgIpc) is 3.30. The minimum absolute atomic E-state index is 0.0418. The van der Waals surface area contributed by atoms with Gasteiger partial charge in [-0.1, -0.05) is 55.8 Å². The van der Waals surface area contributed by atoms with Gasteiger partial charge in [-0.05, 0) is 82.1 Å². The Hall–Kier alpha value is -3.16. The van der Waals surface area contributed by atoms with Gasteiger partial charge in [0.2, 0.25) is 5.96 Å². The highest BCUT2D eigenvalue weighted by molar-refractivity contribution is 6.30. The van der Waals surface area contributed by atoms with E-state index in [2.05, 4.69) is 41.3 Å². The number of hydrogen-bond acceptors (Lipinski definition) is 6. The van der Waals surface area contributed by atoms with Crippen molar-refractivity contribution in [2.45, 2.75) is 52.2 Å². The van der Waals surface area contributed by atoms with E-state index >= 15 is 0 Å². The fraction of sp³-hybridized carbons (Fsp3) is 0.433. The van der Waals surface area contributed by atoms with Crippen LogP contribution < -0.4 is 10.1 Å². The van der Waals surface area contributed by atoms with Crippen LogP contribution in [0, 0.1) is 11.3 Å². The Morgan fingerprint density at radius 2 is 1.87 bits per heavy atom. The van der Waals surface area contributed by atoms with E-state index in [4.69, 9.17) is 26.3 Å². The number of H-pyrrole nitrogens is 1. The van der Waals surface area contributed by atoms with Crippen molar-refractivity contribution in [3.63, 3.8) is 0 Å². The highest BCUT2D eigenvalue weighted by atomic mass is 35.5. The lowest BCUT2D eigenvalue weighted by molar-refractivity contribution is 0.146. The number of para-hydroxylation sites is 1. The topological polar surface area (TPSA) is 77.9 Å². The summed E-state index contributed by atoms with van der Waals surface area (Å²) in [5.74, 6) is 2.23. The first-order valence-electron chi connectivity index (χ1n) is 13.5. The van der Waals surface area contributed by atoms with Gasteiger partial charge in [-0.15, -0.1) is 0 Å². The number of anilines is 1. The smallest absolute Gasteiger partial charge is 0.227 e. The number of nitrogens with one attached hydrogen (secondary N) is 2. The number of aromatic nitrogens is 2. The standard InChI is InChI=1S/C30H37ClN6O/c1-21-10-15-26(30(2)16-7-18-37(3)19-17-30)32-29(34-28(21)38-24-8-5-4-6-9-24)33-27-20-25(35-36-27)22-11-13-23(31)14-12-22/h4-6,8-9,11-14,20-21,28H,7,10,15-19H2,1-3H3,(H2,33,34,35,36). The molecule has 3 heterocycles. The van der Waals surface area contributed by atoms with Crippen molar-refractivity contribution in [2.24, 2.45) is 21.3 Å². The molecule has 3 atom stereocenters. The molecule has 2 aliphatic heterocycles. The molecule has 2 N–H and O–H groups in total. The number of nitrogens with zero attached hydrogens (tertiary/aromatic N) is 4. The lowest BCUT2D eigenvalue weighted by Crippen LogP contribution is -2.35. The molecule has 0 bridgehead atoms. The summed E-state index contributed by atoms with van der Waals surface area (Å²) in [6.45, 7) is 6.80. The van der Waals surface area contributed by atoms with E-state index in [1.807, 2.05) is 60.7 Å². The summed E-state index contributed by atoms with van der Waals surface area (Å²) < 4.78 is 6.35. The molecule has 200 valence electrons. The molecule has 3 unspecified atom stereocenters. The highest BCUT2D eigenvalue weighted by Crippen LogP contribution is 2.36. The largest absolute Gasteiger partial charge is 0.468 e. The highest BCUT2D eigenvalue weighted by Gasteiger charge is 2.34. The third-order valence-electron chi connectivity index (χ3n) is 7.80. The number of benzene rings is 2. The van der Waals surface area contributed by atoms with E-state index < -0.39 is 0 Å². The number of likely N-dealkylation sites (tertiary alicyclic amines) is 1. The molecule has 8 heteroatoms. The van der Waals surface area contributed by atoms with Gasteiger partial charge in [-0.25, -0.2) is 9.98 Å². The van der Waals surface area contributed by atoms with E-state index in [-0.39, 0.29) is 17.6 Å². The minimum atomic E-state index is -0.354. The SMILES string of the molecule is CC1CCC(C2(C)CCCN(C)CC2)=NC(Nc2cc(-c3ccc(Cl)cc3)[nH]n2)=NC1Oc1ccccc1. The van der Waals surface area contributed by atoms with Gasteiger partial charge in [0.05, 0.1) is 5.69 Å². The molecule has 0 spiro atoms. The van der Waals surface area contributed by atoms with Gasteiger partial charge in [0.25, 0.3) is 0 Å². The van der Waals surface area contributed by atoms with E-state index in [1.54, 1.807) is 0 Å². The molecule has 0 radical (unpaired) electrons. The van der Waals surface area contributed by atoms with Crippen LogP contribution in [0.5, 0.6) is 5.75 Å². The predicted molar refractivity (Wildman–Crippen MR) is 156 cm³/mol. The molecule has 1 saturated heterocycles. The van der Waals surface area contributed by atoms with Crippen LogP contribution >= 0.6 is 11.6 Å². The molecule has 5 rings (SSSR count). The predicted octanol–water partition coefficient (Wildman–Crippen LogP) is 6.90. The second-order valence-corrected chi connectivity index (χ2v) is 11.3. The maximum Gasteiger partial charge on any atom is 0.227 e. The maximum atomic E-state index is 6.35. The summed E-state index contributed by atoms with van der Waals surface area (Å²) in [6.07, 6.45) is 4.94. The van der Waals surface area contributed by atoms with Gasteiger partial charge in [-0.3, -0.25) is 5.10 Å². The molecule has 1 fully saturated rings. The lowest BCUT2D eigenvalue weighted by Gasteiger charge is -2.33. The Balaban J connectivity index is 1.47. The molecule has 1 aromatic heterocycles. The normalized spacial score (nSPS) is 24.9. The van der Waals surface area contributed by atoms with Crippen LogP contribution in [0.1, 0.15) is 46.0 Å². The van der Waals surface area contributed by atoms with Crippen LogP contribution in [0.25, 0.3) is 11.3 Å². The third kappa shape index (κ3) is 6.45. The zero-order valence-electron chi connectivity index (χ0n) is 22.5. The van der Waals surface area contributed by atoms with Crippen LogP contribution in [-0.2, 0) is 0 Å². The Morgan fingerprint density at radius 3 is 2.66 bits per heavy atom. The number of aromatic amines is 1. The molecule has 7 nitrogen and oxygen atoms in total. The van der Waals surface area contributed by atoms with Crippen LogP contribution in [0.4, 0.5) is 5.82 Å². The Bertz CT molecular complexity index is 1270. The van der Waals surface area contributed by atoms with Crippen molar-refractivity contribution < 1.29 is 4.74 Å². The monoisotopic (exact) mass is 532 g/mol. The molecule has 0 saturated carbocycles. The maximum absolute atomic E-state index is 6.35. The second kappa shape index (κ2) is 11.7. The first-order chi connectivity index (χ1) is 18.4. The average molecular weight is 533 g/mol. The van der Waals surface area contributed by atoms with Gasteiger partial charge in [0.15, 0.2) is 12.0 Å². The first kappa shape index (κ1) is 26.4. The summed E-state index contributed by atoms with van der Waals surface area (Å²) in [7, 11) is 2.21. The zero-order valence-corrected chi connectivity index (χ0v) is 23.2. The third-order valence-corrected chi connectivity index (χ3v) is 8.05. The Labute approximate surface area is 230 Å². The molecule has 38 heavy (non-hydrogen) atoms. The summed E-state index contributed by atoms with van der Waals surface area (Å²) >= 11 is 6.07. The molecular formula is C30H37ClN6O. The van der Waals surface area contributed by atoms with Crippen LogP contribution in [0.2, 0.25) is 5.02 Å². The van der Waals surface area contributed by atoms with Gasteiger partial charge < -0.3 is 15.0 Å². The number of rotatable bonds is 5. The number of aliphatic imine (C=N–C) groups is 2. The lowest BCUT2D eigenvalue weighted by atomic mass is 9.75. The fourth-order valence-electron chi connectivity index (χ4n) is 5.23. The summed E-state index contributed by atoms with van der Waals surface area (Å²) in [5.41, 5.74) is 3.16. The number of hydrogen-bond donors (Lipinski definition) is 2. The summed E-state index contributed by atoms with van der Waals surface area (Å²) in [6, 6.07) is 19.5. The van der Waals surface area contributed by atoms with Crippen molar-refractivity contribution in [3.8, 4) is 17.0 Å². The fourth-order valence-corrected chi connectivity index (χ4v) is 5.35. The van der Waals surface area contributed by atoms with Crippen LogP contribution in [0.3, 0.4) is 0 Å². The van der Waals surface area contributed by atoms with Crippen molar-refractivity contribution >= 4 is 29.1 Å². The molecule has 2 aromatic carbocycles. The zero-order chi connectivity index (χ0) is 26.5. The summed E-state index contributed by atoms with van der Waals surface area (Å²) in [4.78, 5) is 12.7. The van der Waals surface area contributed by atoms with Gasteiger partial charge in [-0.2, -0.15) is 5.10 Å². The van der Waals surface area contributed by atoms with Crippen molar-refractivity contribution in [1.29, 1.82) is 0 Å². The number of ether oxygens (including phenoxy) is 1. The molecule has 2 aliphatic rings. The summed E-state index contributed by atoms with van der Waals surface area (Å²) in [5, 5.41) is 11.7. The van der Waals surface area contributed by atoms with Gasteiger partial charge in [0, 0.05) is 28.1 Å². The van der Waals surface area contributed by atoms with Gasteiger partial charge in [0.1, 0.15) is 5.75 Å². The van der Waals surface area contributed by atoms with Crippen LogP contribution in [-0.4, -0.2) is 53.1 Å². The number of guanidine groups is 1. The van der Waals surface area contributed by atoms with Gasteiger partial charge >= 0.3 is 0 Å². The van der Waals surface area contributed by atoms with Crippen molar-refractivity contribution in [1.82, 2.24) is 15.1 Å². The second-order valence-electron chi connectivity index (χ2n) is 10.9. The molecular weight excluding hydrogens is 496 g/mol. The molecule has 3 aromatic rings. The van der Waals surface area contributed by atoms with E-state index in [0.29, 0.717) is 16.8 Å². The van der Waals surface area contributed by atoms with Crippen LogP contribution in [0.15, 0.2) is 70.6 Å².